The van der Waals surface area contributed by atoms with Crippen LogP contribution in [0, 0.1) is 6.92 Å². The van der Waals surface area contributed by atoms with E-state index in [2.05, 4.69) is 35.1 Å². The average Bonchev–Trinajstić information content (AvgIpc) is 2.39. The summed E-state index contributed by atoms with van der Waals surface area (Å²) in [6.07, 6.45) is 13.3. The number of nitrogens with zero attached hydrogens (tertiary/aromatic N) is 2. The van der Waals surface area contributed by atoms with Crippen LogP contribution in [-0.2, 0) is 6.42 Å². The molecule has 0 saturated carbocycles. The molecule has 0 unspecified atom stereocenters. The van der Waals surface area contributed by atoms with Crippen molar-refractivity contribution < 1.29 is 0 Å². The van der Waals surface area contributed by atoms with Crippen LogP contribution in [0.1, 0.15) is 43.3 Å². The molecule has 0 radical (unpaired) electrons. The maximum Gasteiger partial charge on any atom is 0.125 e. The van der Waals surface area contributed by atoms with Crippen LogP contribution in [0.4, 0.5) is 0 Å². The van der Waals surface area contributed by atoms with E-state index in [9.17, 15) is 0 Å². The minimum Gasteiger partial charge on any atom is -0.241 e. The van der Waals surface area contributed by atoms with Crippen LogP contribution < -0.4 is 0 Å². The first-order chi connectivity index (χ1) is 8.72. The Morgan fingerprint density at radius 3 is 2.56 bits per heavy atom. The summed E-state index contributed by atoms with van der Waals surface area (Å²) in [5.74, 6) is 0.876. The summed E-state index contributed by atoms with van der Waals surface area (Å²) in [4.78, 5) is 8.82. The molecule has 0 aliphatic heterocycles. The molecule has 92 valence electrons. The summed E-state index contributed by atoms with van der Waals surface area (Å²) in [6.45, 7) is 4.16. The topological polar surface area (TPSA) is 25.8 Å². The molecule has 0 aromatic carbocycles. The second-order valence-electron chi connectivity index (χ2n) is 5.19. The number of hydrogen-bond acceptors (Lipinski definition) is 2. The smallest absolute Gasteiger partial charge is 0.125 e. The van der Waals surface area contributed by atoms with Gasteiger partial charge in [0.2, 0.25) is 0 Å². The molecule has 2 nitrogen and oxygen atoms in total. The standard InChI is InChI=1S/C16H18N2/c1-11-3-5-13(6-4-11)14-7-8-16-15(9-14)10-17-12(2)18-16/h3,5,9-10H,4,6-8H2,1-2H3. The number of allylic oxidation sites excluding steroid dienone is 5. The summed E-state index contributed by atoms with van der Waals surface area (Å²) in [7, 11) is 0. The Balaban J connectivity index is 1.94. The summed E-state index contributed by atoms with van der Waals surface area (Å²) < 4.78 is 0. The van der Waals surface area contributed by atoms with E-state index in [1.165, 1.54) is 40.8 Å². The summed E-state index contributed by atoms with van der Waals surface area (Å²) in [6, 6.07) is 0. The molecule has 1 heterocycles. The van der Waals surface area contributed by atoms with E-state index >= 15 is 0 Å². The Labute approximate surface area is 108 Å². The van der Waals surface area contributed by atoms with Crippen LogP contribution in [0.25, 0.3) is 6.08 Å². The van der Waals surface area contributed by atoms with Crippen LogP contribution in [0.3, 0.4) is 0 Å². The average molecular weight is 238 g/mol. The third-order valence-corrected chi connectivity index (χ3v) is 3.75. The zero-order chi connectivity index (χ0) is 12.5. The van der Waals surface area contributed by atoms with Crippen LogP contribution in [0.5, 0.6) is 0 Å². The van der Waals surface area contributed by atoms with Gasteiger partial charge < -0.3 is 0 Å². The van der Waals surface area contributed by atoms with Gasteiger partial charge >= 0.3 is 0 Å². The zero-order valence-corrected chi connectivity index (χ0v) is 11.0. The van der Waals surface area contributed by atoms with E-state index in [4.69, 9.17) is 0 Å². The lowest BCUT2D eigenvalue weighted by molar-refractivity contribution is 0.828. The lowest BCUT2D eigenvalue weighted by Crippen LogP contribution is -2.07. The molecule has 3 rings (SSSR count). The SMILES string of the molecule is CC1=CC=C(C2=Cc3cnc(C)nc3CC2)CC1. The van der Waals surface area contributed by atoms with E-state index < -0.39 is 0 Å². The van der Waals surface area contributed by atoms with Gasteiger partial charge in [0, 0.05) is 11.8 Å². The highest BCUT2D eigenvalue weighted by atomic mass is 14.9. The fourth-order valence-electron chi connectivity index (χ4n) is 2.62. The molecule has 2 aliphatic rings. The predicted molar refractivity (Wildman–Crippen MR) is 74.1 cm³/mol. The van der Waals surface area contributed by atoms with Gasteiger partial charge in [-0.2, -0.15) is 0 Å². The molecule has 0 spiro atoms. The maximum atomic E-state index is 4.52. The third-order valence-electron chi connectivity index (χ3n) is 3.75. The Morgan fingerprint density at radius 1 is 0.944 bits per heavy atom. The van der Waals surface area contributed by atoms with Gasteiger partial charge in [-0.25, -0.2) is 9.97 Å². The molecule has 1 aromatic rings. The first-order valence-electron chi connectivity index (χ1n) is 6.62. The number of rotatable bonds is 1. The van der Waals surface area contributed by atoms with Crippen LogP contribution in [0.15, 0.2) is 35.1 Å². The summed E-state index contributed by atoms with van der Waals surface area (Å²) in [5.41, 5.74) is 6.85. The second-order valence-corrected chi connectivity index (χ2v) is 5.19. The minimum atomic E-state index is 0.876. The fourth-order valence-corrected chi connectivity index (χ4v) is 2.62. The van der Waals surface area contributed by atoms with Gasteiger partial charge in [0.25, 0.3) is 0 Å². The fraction of sp³-hybridized carbons (Fsp3) is 0.375. The van der Waals surface area contributed by atoms with Crippen molar-refractivity contribution in [3.63, 3.8) is 0 Å². The Kier molecular flexibility index (Phi) is 2.86. The molecular formula is C16H18N2. The Hall–Kier alpha value is -1.70. The predicted octanol–water partition coefficient (Wildman–Crippen LogP) is 3.78. The first kappa shape index (κ1) is 11.4. The normalized spacial score (nSPS) is 18.7. The van der Waals surface area contributed by atoms with Gasteiger partial charge in [0.1, 0.15) is 5.82 Å². The van der Waals surface area contributed by atoms with Crippen molar-refractivity contribution in [3.05, 3.63) is 52.1 Å². The number of aryl methyl sites for hydroxylation is 2. The zero-order valence-electron chi connectivity index (χ0n) is 11.0. The highest BCUT2D eigenvalue weighted by molar-refractivity contribution is 5.62. The lowest BCUT2D eigenvalue weighted by atomic mass is 9.87. The number of aromatic nitrogens is 2. The molecule has 0 bridgehead atoms. The van der Waals surface area contributed by atoms with Crippen molar-refractivity contribution in [2.75, 3.05) is 0 Å². The van der Waals surface area contributed by atoms with E-state index in [1.54, 1.807) is 0 Å². The van der Waals surface area contributed by atoms with Gasteiger partial charge in [-0.15, -0.1) is 0 Å². The minimum absolute atomic E-state index is 0.876. The van der Waals surface area contributed by atoms with E-state index in [-0.39, 0.29) is 0 Å². The Bertz CT molecular complexity index is 577. The van der Waals surface area contributed by atoms with Crippen LogP contribution >= 0.6 is 0 Å². The molecule has 0 N–H and O–H groups in total. The molecule has 18 heavy (non-hydrogen) atoms. The van der Waals surface area contributed by atoms with E-state index in [0.717, 1.165) is 18.7 Å². The molecule has 2 heteroatoms. The van der Waals surface area contributed by atoms with Crippen molar-refractivity contribution >= 4 is 6.08 Å². The van der Waals surface area contributed by atoms with Gasteiger partial charge in [-0.3, -0.25) is 0 Å². The third kappa shape index (κ3) is 2.15. The van der Waals surface area contributed by atoms with Crippen LogP contribution in [-0.4, -0.2) is 9.97 Å². The molecule has 0 atom stereocenters. The van der Waals surface area contributed by atoms with Crippen molar-refractivity contribution in [2.45, 2.75) is 39.5 Å². The van der Waals surface area contributed by atoms with E-state index in [1.807, 2.05) is 13.1 Å². The summed E-state index contributed by atoms with van der Waals surface area (Å²) in [5, 5.41) is 0. The highest BCUT2D eigenvalue weighted by Gasteiger charge is 2.16. The van der Waals surface area contributed by atoms with Crippen LogP contribution in [0.2, 0.25) is 0 Å². The molecule has 0 fully saturated rings. The first-order valence-corrected chi connectivity index (χ1v) is 6.62. The summed E-state index contributed by atoms with van der Waals surface area (Å²) >= 11 is 0. The molecule has 2 aliphatic carbocycles. The highest BCUT2D eigenvalue weighted by Crippen LogP contribution is 2.31. The Morgan fingerprint density at radius 2 is 1.78 bits per heavy atom. The maximum absolute atomic E-state index is 4.52. The quantitative estimate of drug-likeness (QED) is 0.744. The largest absolute Gasteiger partial charge is 0.241 e. The molecule has 1 aromatic heterocycles. The van der Waals surface area contributed by atoms with Crippen molar-refractivity contribution in [1.82, 2.24) is 9.97 Å². The van der Waals surface area contributed by atoms with Crippen molar-refractivity contribution in [2.24, 2.45) is 0 Å². The van der Waals surface area contributed by atoms with Crippen molar-refractivity contribution in [3.8, 4) is 0 Å². The van der Waals surface area contributed by atoms with Gasteiger partial charge in [0.05, 0.1) is 5.69 Å². The van der Waals surface area contributed by atoms with Gasteiger partial charge in [-0.1, -0.05) is 17.7 Å². The number of hydrogen-bond donors (Lipinski definition) is 0. The molecule has 0 amide bonds. The second kappa shape index (κ2) is 4.52. The lowest BCUT2D eigenvalue weighted by Gasteiger charge is -2.20. The van der Waals surface area contributed by atoms with Crippen molar-refractivity contribution in [1.29, 1.82) is 0 Å². The van der Waals surface area contributed by atoms with Gasteiger partial charge in [-0.05, 0) is 56.8 Å². The molecular weight excluding hydrogens is 220 g/mol. The monoisotopic (exact) mass is 238 g/mol. The van der Waals surface area contributed by atoms with E-state index in [0.29, 0.717) is 0 Å². The molecule has 0 saturated heterocycles. The van der Waals surface area contributed by atoms with Gasteiger partial charge in [0.15, 0.2) is 0 Å². The number of fused-ring (bicyclic) bond motifs is 1.